The molecule has 0 aliphatic carbocycles. The van der Waals surface area contributed by atoms with Gasteiger partial charge in [0.2, 0.25) is 0 Å². The van der Waals surface area contributed by atoms with Gasteiger partial charge in [0.25, 0.3) is 0 Å². The largest absolute Gasteiger partial charge is 0.478 e. The van der Waals surface area contributed by atoms with Crippen molar-refractivity contribution in [2.45, 2.75) is 65.2 Å². The topological polar surface area (TPSA) is 74.6 Å². The van der Waals surface area contributed by atoms with E-state index in [2.05, 4.69) is 13.8 Å². The van der Waals surface area contributed by atoms with Crippen LogP contribution in [-0.4, -0.2) is 22.2 Å². The molecule has 0 amide bonds. The predicted octanol–water partition coefficient (Wildman–Crippen LogP) is 5.01. The van der Waals surface area contributed by atoms with E-state index < -0.39 is 11.9 Å². The first-order valence-corrected chi connectivity index (χ1v) is 8.52. The number of unbranched alkanes of at least 4 members (excludes halogenated alkanes) is 5. The lowest BCUT2D eigenvalue weighted by Gasteiger charge is -2.09. The smallest absolute Gasteiger partial charge is 0.336 e. The van der Waals surface area contributed by atoms with Crippen molar-refractivity contribution in [1.82, 2.24) is 0 Å². The molecule has 0 radical (unpaired) electrons. The van der Waals surface area contributed by atoms with E-state index in [1.54, 1.807) is 12.1 Å². The van der Waals surface area contributed by atoms with Gasteiger partial charge in [-0.2, -0.15) is 0 Å². The van der Waals surface area contributed by atoms with Gasteiger partial charge in [0.15, 0.2) is 0 Å². The summed E-state index contributed by atoms with van der Waals surface area (Å²) in [7, 11) is 0. The molecular formula is C19H28O4. The minimum absolute atomic E-state index is 0.0584. The number of rotatable bonds is 11. The van der Waals surface area contributed by atoms with Crippen LogP contribution in [-0.2, 0) is 6.42 Å². The molecule has 0 fully saturated rings. The Balaban J connectivity index is 2.42. The molecule has 128 valence electrons. The summed E-state index contributed by atoms with van der Waals surface area (Å²) >= 11 is 0. The Kier molecular flexibility index (Phi) is 8.38. The number of carbonyl (C=O) groups is 2. The third kappa shape index (κ3) is 6.85. The zero-order chi connectivity index (χ0) is 17.2. The highest BCUT2D eigenvalue weighted by atomic mass is 16.4. The number of aromatic carboxylic acids is 2. The molecule has 0 spiro atoms. The summed E-state index contributed by atoms with van der Waals surface area (Å²) in [6.07, 6.45) is 8.76. The number of hydrogen-bond donors (Lipinski definition) is 2. The van der Waals surface area contributed by atoms with E-state index in [0.29, 0.717) is 12.0 Å². The van der Waals surface area contributed by atoms with Crippen molar-refractivity contribution >= 4 is 11.9 Å². The molecule has 0 aromatic heterocycles. The zero-order valence-corrected chi connectivity index (χ0v) is 14.2. The summed E-state index contributed by atoms with van der Waals surface area (Å²) in [6, 6.07) is 4.69. The molecule has 1 rings (SSSR count). The lowest BCUT2D eigenvalue weighted by atomic mass is 9.96. The monoisotopic (exact) mass is 320 g/mol. The Morgan fingerprint density at radius 2 is 1.52 bits per heavy atom. The van der Waals surface area contributed by atoms with E-state index in [1.807, 2.05) is 0 Å². The zero-order valence-electron chi connectivity index (χ0n) is 14.2. The third-order valence-corrected chi connectivity index (χ3v) is 4.07. The third-order valence-electron chi connectivity index (χ3n) is 4.07. The van der Waals surface area contributed by atoms with Crippen LogP contribution in [0.15, 0.2) is 18.2 Å². The number of aryl methyl sites for hydroxylation is 1. The van der Waals surface area contributed by atoms with Gasteiger partial charge in [-0.3, -0.25) is 0 Å². The molecule has 0 aliphatic rings. The molecule has 0 atom stereocenters. The summed E-state index contributed by atoms with van der Waals surface area (Å²) in [5, 5.41) is 18.4. The molecule has 2 N–H and O–H groups in total. The molecule has 0 bridgehead atoms. The van der Waals surface area contributed by atoms with Crippen molar-refractivity contribution in [3.8, 4) is 0 Å². The van der Waals surface area contributed by atoms with Crippen LogP contribution in [0.5, 0.6) is 0 Å². The van der Waals surface area contributed by atoms with Gasteiger partial charge in [-0.1, -0.05) is 64.5 Å². The fourth-order valence-corrected chi connectivity index (χ4v) is 2.81. The normalized spacial score (nSPS) is 10.9. The van der Waals surface area contributed by atoms with Crippen LogP contribution in [0.3, 0.4) is 0 Å². The molecule has 23 heavy (non-hydrogen) atoms. The van der Waals surface area contributed by atoms with Gasteiger partial charge in [0, 0.05) is 0 Å². The first-order chi connectivity index (χ1) is 10.9. The van der Waals surface area contributed by atoms with Crippen LogP contribution in [0.25, 0.3) is 0 Å². The van der Waals surface area contributed by atoms with Gasteiger partial charge >= 0.3 is 11.9 Å². The second-order valence-corrected chi connectivity index (χ2v) is 6.50. The Bertz CT molecular complexity index is 520. The predicted molar refractivity (Wildman–Crippen MR) is 91.2 cm³/mol. The van der Waals surface area contributed by atoms with Crippen molar-refractivity contribution < 1.29 is 19.8 Å². The van der Waals surface area contributed by atoms with E-state index in [0.717, 1.165) is 25.2 Å². The van der Waals surface area contributed by atoms with Crippen LogP contribution in [0, 0.1) is 5.92 Å². The van der Waals surface area contributed by atoms with Crippen LogP contribution in [0.1, 0.15) is 85.1 Å². The van der Waals surface area contributed by atoms with Crippen molar-refractivity contribution in [2.24, 2.45) is 5.92 Å². The van der Waals surface area contributed by atoms with E-state index in [4.69, 9.17) is 5.11 Å². The van der Waals surface area contributed by atoms with Gasteiger partial charge in [-0.05, 0) is 30.4 Å². The Hall–Kier alpha value is -1.84. The quantitative estimate of drug-likeness (QED) is 0.562. The van der Waals surface area contributed by atoms with E-state index in [9.17, 15) is 14.7 Å². The molecule has 0 unspecified atom stereocenters. The maximum atomic E-state index is 11.3. The fraction of sp³-hybridized carbons (Fsp3) is 0.579. The lowest BCUT2D eigenvalue weighted by Crippen LogP contribution is -2.11. The van der Waals surface area contributed by atoms with E-state index in [-0.39, 0.29) is 11.1 Å². The minimum atomic E-state index is -1.19. The number of hydrogen-bond acceptors (Lipinski definition) is 2. The molecule has 0 saturated heterocycles. The summed E-state index contributed by atoms with van der Waals surface area (Å²) < 4.78 is 0. The van der Waals surface area contributed by atoms with Crippen LogP contribution >= 0.6 is 0 Å². The summed E-state index contributed by atoms with van der Waals surface area (Å²) in [5.74, 6) is -1.58. The Morgan fingerprint density at radius 3 is 2.09 bits per heavy atom. The number of carboxylic acids is 2. The number of benzene rings is 1. The van der Waals surface area contributed by atoms with Crippen molar-refractivity contribution in [2.75, 3.05) is 0 Å². The maximum Gasteiger partial charge on any atom is 0.336 e. The van der Waals surface area contributed by atoms with Crippen molar-refractivity contribution in [3.05, 3.63) is 34.9 Å². The first kappa shape index (κ1) is 19.2. The molecule has 4 heteroatoms. The molecule has 0 heterocycles. The fourth-order valence-electron chi connectivity index (χ4n) is 2.81. The van der Waals surface area contributed by atoms with E-state index in [1.165, 1.54) is 31.7 Å². The molecule has 4 nitrogen and oxygen atoms in total. The summed E-state index contributed by atoms with van der Waals surface area (Å²) in [4.78, 5) is 22.5. The van der Waals surface area contributed by atoms with Crippen molar-refractivity contribution in [1.29, 1.82) is 0 Å². The second-order valence-electron chi connectivity index (χ2n) is 6.50. The van der Waals surface area contributed by atoms with Gasteiger partial charge < -0.3 is 10.2 Å². The summed E-state index contributed by atoms with van der Waals surface area (Å²) in [6.45, 7) is 4.48. The van der Waals surface area contributed by atoms with Crippen LogP contribution in [0.4, 0.5) is 0 Å². The minimum Gasteiger partial charge on any atom is -0.478 e. The number of carboxylic acid groups (broad SMARTS) is 2. The van der Waals surface area contributed by atoms with E-state index >= 15 is 0 Å². The van der Waals surface area contributed by atoms with Gasteiger partial charge in [-0.15, -0.1) is 0 Å². The highest BCUT2D eigenvalue weighted by Crippen LogP contribution is 2.19. The molecule has 0 saturated carbocycles. The molecule has 0 aliphatic heterocycles. The maximum absolute atomic E-state index is 11.3. The highest BCUT2D eigenvalue weighted by molar-refractivity contribution is 6.02. The highest BCUT2D eigenvalue weighted by Gasteiger charge is 2.19. The standard InChI is InChI=1S/C19H28O4/c1-14(2)10-7-5-3-4-6-8-11-15-12-9-13-16(18(20)21)17(15)19(22)23/h9,12-14H,3-8,10-11H2,1-2H3,(H,20,21)(H,22,23). The van der Waals surface area contributed by atoms with Crippen LogP contribution < -0.4 is 0 Å². The molecule has 1 aromatic carbocycles. The average Bonchev–Trinajstić information content (AvgIpc) is 2.48. The van der Waals surface area contributed by atoms with Gasteiger partial charge in [-0.25, -0.2) is 9.59 Å². The average molecular weight is 320 g/mol. The van der Waals surface area contributed by atoms with Crippen LogP contribution in [0.2, 0.25) is 0 Å². The summed E-state index contributed by atoms with van der Waals surface area (Å²) in [5.41, 5.74) is 0.442. The van der Waals surface area contributed by atoms with Gasteiger partial charge in [0.05, 0.1) is 11.1 Å². The second kappa shape index (κ2) is 10.0. The Labute approximate surface area is 138 Å². The lowest BCUT2D eigenvalue weighted by molar-refractivity contribution is 0.0650. The Morgan fingerprint density at radius 1 is 0.913 bits per heavy atom. The first-order valence-electron chi connectivity index (χ1n) is 8.52. The molecule has 1 aromatic rings. The van der Waals surface area contributed by atoms with Crippen molar-refractivity contribution in [3.63, 3.8) is 0 Å². The molecular weight excluding hydrogens is 292 g/mol. The van der Waals surface area contributed by atoms with Gasteiger partial charge in [0.1, 0.15) is 0 Å². The SMILES string of the molecule is CC(C)CCCCCCCCc1cccc(C(=O)O)c1C(=O)O.